The minimum Gasteiger partial charge on any atom is -0.454 e. The molecular weight excluding hydrogens is 328 g/mol. The molecule has 1 aromatic rings. The summed E-state index contributed by atoms with van der Waals surface area (Å²) in [7, 11) is 0. The quantitative estimate of drug-likeness (QED) is 0.781. The van der Waals surface area contributed by atoms with Crippen LogP contribution in [0.1, 0.15) is 50.5 Å². The number of para-hydroxylation sites is 1. The van der Waals surface area contributed by atoms with E-state index in [-0.39, 0.29) is 12.7 Å². The maximum atomic E-state index is 13.2. The van der Waals surface area contributed by atoms with E-state index in [1.165, 1.54) is 45.2 Å². The van der Waals surface area contributed by atoms with Crippen LogP contribution >= 0.6 is 0 Å². The average Bonchev–Trinajstić information content (AvgIpc) is 3.37. The third-order valence-electron chi connectivity index (χ3n) is 5.99. The van der Waals surface area contributed by atoms with Gasteiger partial charge in [0.05, 0.1) is 0 Å². The lowest BCUT2D eigenvalue weighted by atomic mass is 9.88. The molecule has 1 saturated carbocycles. The second-order valence-corrected chi connectivity index (χ2v) is 7.79. The highest BCUT2D eigenvalue weighted by molar-refractivity contribution is 5.79. The maximum absolute atomic E-state index is 13.2. The fourth-order valence-corrected chi connectivity index (χ4v) is 4.46. The molecule has 0 bridgehead atoms. The van der Waals surface area contributed by atoms with E-state index in [0.717, 1.165) is 43.0 Å². The number of fused-ring (bicyclic) bond motifs is 1. The van der Waals surface area contributed by atoms with Gasteiger partial charge in [0.1, 0.15) is 0 Å². The molecule has 3 aliphatic rings. The number of benzene rings is 1. The monoisotopic (exact) mass is 358 g/mol. The van der Waals surface area contributed by atoms with Gasteiger partial charge >= 0.3 is 0 Å². The van der Waals surface area contributed by atoms with Crippen LogP contribution < -0.4 is 9.47 Å². The largest absolute Gasteiger partial charge is 0.454 e. The van der Waals surface area contributed by atoms with Gasteiger partial charge in [-0.05, 0) is 44.8 Å². The molecule has 4 rings (SSSR count). The van der Waals surface area contributed by atoms with Gasteiger partial charge in [-0.15, -0.1) is 0 Å². The van der Waals surface area contributed by atoms with Gasteiger partial charge < -0.3 is 19.3 Å². The molecule has 1 aliphatic carbocycles. The van der Waals surface area contributed by atoms with E-state index in [1.54, 1.807) is 0 Å². The van der Waals surface area contributed by atoms with Crippen molar-refractivity contribution < 1.29 is 14.3 Å². The average molecular weight is 358 g/mol. The third kappa shape index (κ3) is 3.98. The summed E-state index contributed by atoms with van der Waals surface area (Å²) in [5.41, 5.74) is 1.06. The summed E-state index contributed by atoms with van der Waals surface area (Å²) in [6.07, 6.45) is 8.32. The van der Waals surface area contributed by atoms with Crippen molar-refractivity contribution in [3.63, 3.8) is 0 Å². The maximum Gasteiger partial charge on any atom is 0.231 e. The second-order valence-electron chi connectivity index (χ2n) is 7.79. The Hall–Kier alpha value is -1.75. The zero-order valence-electron chi connectivity index (χ0n) is 15.6. The van der Waals surface area contributed by atoms with E-state index >= 15 is 0 Å². The van der Waals surface area contributed by atoms with Crippen LogP contribution in [0.25, 0.3) is 0 Å². The number of hydrogen-bond acceptors (Lipinski definition) is 4. The van der Waals surface area contributed by atoms with E-state index in [1.807, 2.05) is 12.1 Å². The summed E-state index contributed by atoms with van der Waals surface area (Å²) in [4.78, 5) is 17.8. The first-order chi connectivity index (χ1) is 12.8. The number of ether oxygens (including phenoxy) is 2. The highest BCUT2D eigenvalue weighted by Crippen LogP contribution is 2.36. The highest BCUT2D eigenvalue weighted by atomic mass is 16.7. The van der Waals surface area contributed by atoms with Gasteiger partial charge in [-0.3, -0.25) is 4.79 Å². The minimum atomic E-state index is 0.205. The Morgan fingerprint density at radius 3 is 2.69 bits per heavy atom. The van der Waals surface area contributed by atoms with E-state index in [0.29, 0.717) is 12.5 Å². The predicted molar refractivity (Wildman–Crippen MR) is 100 cm³/mol. The molecule has 2 aliphatic heterocycles. The first-order valence-electron chi connectivity index (χ1n) is 10.2. The Morgan fingerprint density at radius 1 is 1.08 bits per heavy atom. The van der Waals surface area contributed by atoms with Crippen molar-refractivity contribution in [1.82, 2.24) is 9.80 Å². The van der Waals surface area contributed by atoms with Crippen LogP contribution in [0.5, 0.6) is 11.5 Å². The Balaban J connectivity index is 1.47. The van der Waals surface area contributed by atoms with Crippen molar-refractivity contribution in [1.29, 1.82) is 0 Å². The molecule has 5 nitrogen and oxygen atoms in total. The van der Waals surface area contributed by atoms with E-state index in [2.05, 4.69) is 15.9 Å². The van der Waals surface area contributed by atoms with Gasteiger partial charge in [0.15, 0.2) is 11.5 Å². The normalized spacial score (nSPS) is 20.5. The fourth-order valence-electron chi connectivity index (χ4n) is 4.46. The number of likely N-dealkylation sites (tertiary alicyclic amines) is 1. The smallest absolute Gasteiger partial charge is 0.231 e. The minimum absolute atomic E-state index is 0.205. The molecule has 2 heterocycles. The van der Waals surface area contributed by atoms with Crippen molar-refractivity contribution in [2.45, 2.75) is 51.5 Å². The van der Waals surface area contributed by atoms with Gasteiger partial charge in [0.25, 0.3) is 0 Å². The van der Waals surface area contributed by atoms with Crippen LogP contribution in [0, 0.1) is 5.92 Å². The lowest BCUT2D eigenvalue weighted by Gasteiger charge is -2.31. The number of amides is 1. The van der Waals surface area contributed by atoms with Crippen LogP contribution in [0.4, 0.5) is 0 Å². The number of nitrogens with zero attached hydrogens (tertiary/aromatic N) is 2. The molecular formula is C21H30N2O3. The lowest BCUT2D eigenvalue weighted by Crippen LogP contribution is -2.41. The van der Waals surface area contributed by atoms with E-state index in [4.69, 9.17) is 9.47 Å². The van der Waals surface area contributed by atoms with Gasteiger partial charge in [0, 0.05) is 31.1 Å². The molecule has 5 heteroatoms. The fraction of sp³-hybridized carbons (Fsp3) is 0.667. The van der Waals surface area contributed by atoms with Crippen molar-refractivity contribution in [2.24, 2.45) is 5.92 Å². The first kappa shape index (κ1) is 17.7. The van der Waals surface area contributed by atoms with Crippen molar-refractivity contribution in [3.05, 3.63) is 23.8 Å². The van der Waals surface area contributed by atoms with Crippen LogP contribution in [0.2, 0.25) is 0 Å². The molecule has 0 unspecified atom stereocenters. The van der Waals surface area contributed by atoms with Crippen molar-refractivity contribution >= 4 is 5.91 Å². The number of hydrogen-bond donors (Lipinski definition) is 0. The molecule has 1 saturated heterocycles. The van der Waals surface area contributed by atoms with Gasteiger partial charge in [-0.2, -0.15) is 0 Å². The highest BCUT2D eigenvalue weighted by Gasteiger charge is 2.28. The molecule has 1 amide bonds. The number of carbonyl (C=O) groups is 1. The third-order valence-corrected chi connectivity index (χ3v) is 5.99. The molecule has 1 aromatic carbocycles. The first-order valence-corrected chi connectivity index (χ1v) is 10.2. The molecule has 0 spiro atoms. The van der Waals surface area contributed by atoms with E-state index < -0.39 is 0 Å². The lowest BCUT2D eigenvalue weighted by molar-refractivity contribution is -0.137. The number of rotatable bonds is 6. The Kier molecular flexibility index (Phi) is 5.63. The molecule has 0 atom stereocenters. The SMILES string of the molecule is O=C(C1CCCCC1)N(CCN1CCCC1)Cc1cccc2c1OCO2. The summed E-state index contributed by atoms with van der Waals surface area (Å²) in [5, 5.41) is 0. The predicted octanol–water partition coefficient (Wildman–Crippen LogP) is 3.42. The summed E-state index contributed by atoms with van der Waals surface area (Å²) < 4.78 is 11.2. The van der Waals surface area contributed by atoms with Gasteiger partial charge in [0.2, 0.25) is 12.7 Å². The van der Waals surface area contributed by atoms with Gasteiger partial charge in [-0.1, -0.05) is 31.4 Å². The van der Waals surface area contributed by atoms with Crippen LogP contribution in [-0.2, 0) is 11.3 Å². The molecule has 0 N–H and O–H groups in total. The standard InChI is InChI=1S/C21H30N2O3/c24-21(17-7-2-1-3-8-17)23(14-13-22-11-4-5-12-22)15-18-9-6-10-19-20(18)26-16-25-19/h6,9-10,17H,1-5,7-8,11-16H2. The van der Waals surface area contributed by atoms with Crippen LogP contribution in [-0.4, -0.2) is 48.7 Å². The van der Waals surface area contributed by atoms with Gasteiger partial charge in [-0.25, -0.2) is 0 Å². The summed E-state index contributed by atoms with van der Waals surface area (Å²) >= 11 is 0. The topological polar surface area (TPSA) is 42.0 Å². The molecule has 0 aromatic heterocycles. The van der Waals surface area contributed by atoms with Crippen molar-refractivity contribution in [3.8, 4) is 11.5 Å². The number of carbonyl (C=O) groups excluding carboxylic acids is 1. The molecule has 0 radical (unpaired) electrons. The van der Waals surface area contributed by atoms with Crippen LogP contribution in [0.3, 0.4) is 0 Å². The Labute approximate surface area is 156 Å². The zero-order valence-corrected chi connectivity index (χ0v) is 15.6. The van der Waals surface area contributed by atoms with E-state index in [9.17, 15) is 4.79 Å². The summed E-state index contributed by atoms with van der Waals surface area (Å²) in [6, 6.07) is 5.99. The van der Waals surface area contributed by atoms with Crippen molar-refractivity contribution in [2.75, 3.05) is 33.0 Å². The summed E-state index contributed by atoms with van der Waals surface area (Å²) in [6.45, 7) is 5.02. The summed E-state index contributed by atoms with van der Waals surface area (Å²) in [5.74, 6) is 2.15. The molecule has 2 fully saturated rings. The molecule has 26 heavy (non-hydrogen) atoms. The Bertz CT molecular complexity index is 622. The van der Waals surface area contributed by atoms with Crippen LogP contribution in [0.15, 0.2) is 18.2 Å². The zero-order chi connectivity index (χ0) is 17.8. The molecule has 142 valence electrons. The second kappa shape index (κ2) is 8.30. The Morgan fingerprint density at radius 2 is 1.88 bits per heavy atom.